The minimum absolute atomic E-state index is 0. The number of nitrogens with zero attached hydrogens (tertiary/aromatic N) is 1. The van der Waals surface area contributed by atoms with Crippen molar-refractivity contribution < 1.29 is 4.79 Å². The maximum Gasteiger partial charge on any atom is 0.253 e. The first-order chi connectivity index (χ1) is 10.5. The molecular weight excluding hydrogens is 310 g/mol. The molecule has 1 aromatic rings. The van der Waals surface area contributed by atoms with Gasteiger partial charge in [-0.25, -0.2) is 0 Å². The van der Waals surface area contributed by atoms with E-state index in [2.05, 4.69) is 49.0 Å². The number of aryl methyl sites for hydroxylation is 1. The van der Waals surface area contributed by atoms with Crippen molar-refractivity contribution >= 4 is 18.3 Å². The molecule has 4 nitrogen and oxygen atoms in total. The Kier molecular flexibility index (Phi) is 8.13. The summed E-state index contributed by atoms with van der Waals surface area (Å²) in [6, 6.07) is 2.93. The molecule has 1 aliphatic carbocycles. The zero-order chi connectivity index (χ0) is 16.1. The van der Waals surface area contributed by atoms with Crippen LogP contribution < -0.4 is 10.6 Å². The summed E-state index contributed by atoms with van der Waals surface area (Å²) in [6.45, 7) is 9.97. The van der Waals surface area contributed by atoms with Gasteiger partial charge < -0.3 is 15.2 Å². The summed E-state index contributed by atoms with van der Waals surface area (Å²) in [7, 11) is 0. The van der Waals surface area contributed by atoms with Crippen LogP contribution in [0.3, 0.4) is 0 Å². The number of hydrogen-bond acceptors (Lipinski definition) is 2. The van der Waals surface area contributed by atoms with E-state index in [1.54, 1.807) is 0 Å². The molecule has 0 spiro atoms. The molecule has 0 aromatic carbocycles. The molecule has 132 valence electrons. The second-order valence-electron chi connectivity index (χ2n) is 6.62. The minimum Gasteiger partial charge on any atom is -0.350 e. The number of aromatic nitrogens is 1. The average molecular weight is 342 g/mol. The van der Waals surface area contributed by atoms with E-state index in [1.165, 1.54) is 37.8 Å². The van der Waals surface area contributed by atoms with Gasteiger partial charge in [0.25, 0.3) is 5.91 Å². The largest absolute Gasteiger partial charge is 0.350 e. The fourth-order valence-electron chi connectivity index (χ4n) is 3.67. The fourth-order valence-corrected chi connectivity index (χ4v) is 3.67. The first kappa shape index (κ1) is 20.0. The molecule has 0 radical (unpaired) electrons. The van der Waals surface area contributed by atoms with E-state index in [0.29, 0.717) is 18.6 Å². The highest BCUT2D eigenvalue weighted by Gasteiger charge is 2.22. The smallest absolute Gasteiger partial charge is 0.253 e. The highest BCUT2D eigenvalue weighted by atomic mass is 35.5. The van der Waals surface area contributed by atoms with Gasteiger partial charge in [-0.1, -0.05) is 26.2 Å². The number of carbonyl (C=O) groups excluding carboxylic acids is 1. The van der Waals surface area contributed by atoms with Crippen LogP contribution in [0.1, 0.15) is 73.7 Å². The molecule has 0 bridgehead atoms. The third kappa shape index (κ3) is 4.98. The van der Waals surface area contributed by atoms with Gasteiger partial charge in [-0.05, 0) is 46.2 Å². The standard InChI is InChI=1S/C18H31N3O.ClH/c1-5-19-13(2)12-20-18(22)17-11-14(3)21(15(17)4)16-9-7-6-8-10-16;/h11,13,16,19H,5-10,12H2,1-4H3,(H,20,22);1H/t13-;/m1./s1. The zero-order valence-corrected chi connectivity index (χ0v) is 15.8. The van der Waals surface area contributed by atoms with E-state index in [0.717, 1.165) is 17.8 Å². The Labute approximate surface area is 146 Å². The SMILES string of the molecule is CCN[C@H](C)CNC(=O)c1cc(C)n(C2CCCCC2)c1C.Cl. The van der Waals surface area contributed by atoms with Crippen LogP contribution in [-0.4, -0.2) is 29.6 Å². The van der Waals surface area contributed by atoms with Crippen molar-refractivity contribution in [1.82, 2.24) is 15.2 Å². The lowest BCUT2D eigenvalue weighted by Gasteiger charge is -2.26. The molecule has 1 fully saturated rings. The maximum atomic E-state index is 12.5. The molecule has 5 heteroatoms. The second kappa shape index (κ2) is 9.33. The Morgan fingerprint density at radius 2 is 1.96 bits per heavy atom. The zero-order valence-electron chi connectivity index (χ0n) is 14.9. The number of rotatable bonds is 6. The van der Waals surface area contributed by atoms with Gasteiger partial charge in [0.2, 0.25) is 0 Å². The maximum absolute atomic E-state index is 12.5. The lowest BCUT2D eigenvalue weighted by molar-refractivity contribution is 0.0949. The quantitative estimate of drug-likeness (QED) is 0.827. The van der Waals surface area contributed by atoms with Crippen molar-refractivity contribution in [1.29, 1.82) is 0 Å². The fraction of sp³-hybridized carbons (Fsp3) is 0.722. The van der Waals surface area contributed by atoms with E-state index in [9.17, 15) is 4.79 Å². The molecule has 1 aromatic heterocycles. The molecule has 0 aliphatic heterocycles. The van der Waals surface area contributed by atoms with Crippen LogP contribution >= 0.6 is 12.4 Å². The van der Waals surface area contributed by atoms with Crippen molar-refractivity contribution in [3.8, 4) is 0 Å². The van der Waals surface area contributed by atoms with Crippen LogP contribution in [0, 0.1) is 13.8 Å². The first-order valence-electron chi connectivity index (χ1n) is 8.74. The average Bonchev–Trinajstić information content (AvgIpc) is 2.81. The molecule has 1 atom stereocenters. The van der Waals surface area contributed by atoms with Crippen LogP contribution in [0.25, 0.3) is 0 Å². The van der Waals surface area contributed by atoms with Crippen LogP contribution in [0.2, 0.25) is 0 Å². The van der Waals surface area contributed by atoms with Gasteiger partial charge in [0.05, 0.1) is 5.56 Å². The van der Waals surface area contributed by atoms with E-state index < -0.39 is 0 Å². The third-order valence-electron chi connectivity index (χ3n) is 4.79. The molecule has 0 unspecified atom stereocenters. The molecule has 1 amide bonds. The number of likely N-dealkylation sites (N-methyl/N-ethyl adjacent to an activating group) is 1. The van der Waals surface area contributed by atoms with E-state index in [-0.39, 0.29) is 18.3 Å². The Morgan fingerprint density at radius 1 is 1.30 bits per heavy atom. The van der Waals surface area contributed by atoms with Crippen LogP contribution in [0.5, 0.6) is 0 Å². The Morgan fingerprint density at radius 3 is 2.57 bits per heavy atom. The van der Waals surface area contributed by atoms with E-state index >= 15 is 0 Å². The van der Waals surface area contributed by atoms with Crippen molar-refractivity contribution in [2.45, 2.75) is 71.9 Å². The predicted molar refractivity (Wildman–Crippen MR) is 98.7 cm³/mol. The summed E-state index contributed by atoms with van der Waals surface area (Å²) in [6.07, 6.45) is 6.46. The highest BCUT2D eigenvalue weighted by Crippen LogP contribution is 2.32. The lowest BCUT2D eigenvalue weighted by Crippen LogP contribution is -2.38. The molecule has 1 saturated carbocycles. The van der Waals surface area contributed by atoms with Gasteiger partial charge in [-0.3, -0.25) is 4.79 Å². The highest BCUT2D eigenvalue weighted by molar-refractivity contribution is 5.95. The van der Waals surface area contributed by atoms with Crippen LogP contribution in [-0.2, 0) is 0 Å². The summed E-state index contributed by atoms with van der Waals surface area (Å²) in [5.74, 6) is 0.0555. The van der Waals surface area contributed by atoms with Gasteiger partial charge >= 0.3 is 0 Å². The van der Waals surface area contributed by atoms with Gasteiger partial charge in [0, 0.05) is 30.0 Å². The number of amides is 1. The molecule has 2 rings (SSSR count). The van der Waals surface area contributed by atoms with Crippen molar-refractivity contribution in [2.24, 2.45) is 0 Å². The molecular formula is C18H32ClN3O. The monoisotopic (exact) mass is 341 g/mol. The summed E-state index contributed by atoms with van der Waals surface area (Å²) in [5, 5.41) is 6.37. The molecule has 2 N–H and O–H groups in total. The number of halogens is 1. The van der Waals surface area contributed by atoms with Gasteiger partial charge in [0.1, 0.15) is 0 Å². The molecule has 0 saturated heterocycles. The van der Waals surface area contributed by atoms with Crippen molar-refractivity contribution in [2.75, 3.05) is 13.1 Å². The molecule has 1 heterocycles. The number of nitrogens with one attached hydrogen (secondary N) is 2. The normalized spacial score (nSPS) is 16.7. The minimum atomic E-state index is 0. The second-order valence-corrected chi connectivity index (χ2v) is 6.62. The van der Waals surface area contributed by atoms with Gasteiger partial charge in [-0.2, -0.15) is 0 Å². The van der Waals surface area contributed by atoms with Crippen LogP contribution in [0.15, 0.2) is 6.07 Å². The molecule has 23 heavy (non-hydrogen) atoms. The van der Waals surface area contributed by atoms with E-state index in [4.69, 9.17) is 0 Å². The van der Waals surface area contributed by atoms with Crippen LogP contribution in [0.4, 0.5) is 0 Å². The summed E-state index contributed by atoms with van der Waals surface area (Å²) in [4.78, 5) is 12.5. The first-order valence-corrected chi connectivity index (χ1v) is 8.74. The lowest BCUT2D eigenvalue weighted by atomic mass is 9.95. The van der Waals surface area contributed by atoms with Gasteiger partial charge in [0.15, 0.2) is 0 Å². The number of carbonyl (C=O) groups is 1. The summed E-state index contributed by atoms with van der Waals surface area (Å²) >= 11 is 0. The summed E-state index contributed by atoms with van der Waals surface area (Å²) < 4.78 is 2.39. The Bertz CT molecular complexity index is 507. The van der Waals surface area contributed by atoms with Gasteiger partial charge in [-0.15, -0.1) is 12.4 Å². The molecule has 1 aliphatic rings. The summed E-state index contributed by atoms with van der Waals surface area (Å²) in [5.41, 5.74) is 3.18. The third-order valence-corrected chi connectivity index (χ3v) is 4.79. The Balaban J connectivity index is 0.00000264. The Hall–Kier alpha value is -1.00. The van der Waals surface area contributed by atoms with Crippen molar-refractivity contribution in [3.05, 3.63) is 23.0 Å². The van der Waals surface area contributed by atoms with Crippen molar-refractivity contribution in [3.63, 3.8) is 0 Å². The topological polar surface area (TPSA) is 46.1 Å². The predicted octanol–water partition coefficient (Wildman–Crippen LogP) is 3.76. The number of hydrogen-bond donors (Lipinski definition) is 2. The van der Waals surface area contributed by atoms with E-state index in [1.807, 2.05) is 0 Å².